The molecule has 2 aliphatic heterocycles. The van der Waals surface area contributed by atoms with Crippen molar-refractivity contribution >= 4 is 21.9 Å². The van der Waals surface area contributed by atoms with Crippen LogP contribution < -0.4 is 14.9 Å². The van der Waals surface area contributed by atoms with Crippen LogP contribution in [0.3, 0.4) is 0 Å². The maximum Gasteiger partial charge on any atom is 0.204 e. The first kappa shape index (κ1) is 14.6. The van der Waals surface area contributed by atoms with Crippen LogP contribution in [0.2, 0.25) is 0 Å². The van der Waals surface area contributed by atoms with Crippen LogP contribution in [0.1, 0.15) is 12.5 Å². The molecule has 25 heavy (non-hydrogen) atoms. The van der Waals surface area contributed by atoms with Gasteiger partial charge in [0, 0.05) is 18.1 Å². The lowest BCUT2D eigenvalue weighted by atomic mass is 9.98. The number of methoxy groups -OCH3 is 1. The minimum atomic E-state index is -0.308. The predicted octanol–water partition coefficient (Wildman–Crippen LogP) is 2.75. The highest BCUT2D eigenvalue weighted by Crippen LogP contribution is 2.46. The summed E-state index contributed by atoms with van der Waals surface area (Å²) in [6.45, 7) is 2.65. The molecule has 1 fully saturated rings. The Morgan fingerprint density at radius 1 is 1.32 bits per heavy atom. The van der Waals surface area contributed by atoms with Crippen LogP contribution in [0.5, 0.6) is 17.2 Å². The van der Waals surface area contributed by atoms with Crippen molar-refractivity contribution in [2.45, 2.75) is 25.0 Å². The lowest BCUT2D eigenvalue weighted by molar-refractivity contribution is 0.127. The van der Waals surface area contributed by atoms with Gasteiger partial charge in [0.05, 0.1) is 19.1 Å². The molecule has 1 unspecified atom stereocenters. The maximum absolute atomic E-state index is 13.0. The summed E-state index contributed by atoms with van der Waals surface area (Å²) in [5.74, 6) is 0.959. The zero-order chi connectivity index (χ0) is 17.3. The van der Waals surface area contributed by atoms with Crippen LogP contribution in [0.15, 0.2) is 33.5 Å². The van der Waals surface area contributed by atoms with Crippen molar-refractivity contribution in [3.05, 3.63) is 40.1 Å². The van der Waals surface area contributed by atoms with Crippen LogP contribution in [-0.2, 0) is 11.2 Å². The fourth-order valence-corrected chi connectivity index (χ4v) is 3.51. The maximum atomic E-state index is 13.0. The Morgan fingerprint density at radius 3 is 2.84 bits per heavy atom. The van der Waals surface area contributed by atoms with Gasteiger partial charge in [-0.25, -0.2) is 0 Å². The summed E-state index contributed by atoms with van der Waals surface area (Å²) in [6.07, 6.45) is 0.442. The molecule has 6 heteroatoms. The summed E-state index contributed by atoms with van der Waals surface area (Å²) in [5.41, 5.74) is 0.842. The van der Waals surface area contributed by atoms with Crippen molar-refractivity contribution in [1.82, 2.24) is 0 Å². The van der Waals surface area contributed by atoms with Gasteiger partial charge in [-0.05, 0) is 19.1 Å². The first-order valence-electron chi connectivity index (χ1n) is 8.11. The summed E-state index contributed by atoms with van der Waals surface area (Å²) < 4.78 is 22.9. The van der Waals surface area contributed by atoms with Gasteiger partial charge in [-0.15, -0.1) is 0 Å². The SMILES string of the molecule is COc1cc2c(c3oc4c(O)cccc4c(=O)c13)CC([C@@]1(C)CO1)O2. The van der Waals surface area contributed by atoms with Gasteiger partial charge in [0.25, 0.3) is 0 Å². The van der Waals surface area contributed by atoms with Crippen molar-refractivity contribution in [3.63, 3.8) is 0 Å². The van der Waals surface area contributed by atoms with E-state index in [1.165, 1.54) is 13.2 Å². The van der Waals surface area contributed by atoms with Crippen molar-refractivity contribution < 1.29 is 23.7 Å². The number of phenols is 1. The Bertz CT molecular complexity index is 1090. The molecule has 1 aromatic heterocycles. The first-order valence-corrected chi connectivity index (χ1v) is 8.11. The third-order valence-corrected chi connectivity index (χ3v) is 5.14. The van der Waals surface area contributed by atoms with Crippen LogP contribution in [0.25, 0.3) is 21.9 Å². The molecule has 2 aromatic carbocycles. The summed E-state index contributed by atoms with van der Waals surface area (Å²) in [7, 11) is 1.50. The van der Waals surface area contributed by atoms with Crippen molar-refractivity contribution in [3.8, 4) is 17.2 Å². The number of phenolic OH excluding ortho intramolecular Hbond substituents is 1. The van der Waals surface area contributed by atoms with Crippen LogP contribution in [0.4, 0.5) is 0 Å². The standard InChI is InChI=1S/C19H16O6/c1-19(8-23-19)14-6-10-12(24-14)7-13(22-2)15-16(21)9-4-3-5-11(20)17(9)25-18(10)15/h3-5,7,14,20H,6,8H2,1-2H3/t14?,19-/m1/s1. The van der Waals surface area contributed by atoms with E-state index in [-0.39, 0.29) is 28.5 Å². The Hall–Kier alpha value is -2.73. The number of ether oxygens (including phenoxy) is 3. The summed E-state index contributed by atoms with van der Waals surface area (Å²) in [6, 6.07) is 6.47. The van der Waals surface area contributed by atoms with E-state index in [2.05, 4.69) is 0 Å². The Labute approximate surface area is 142 Å². The minimum Gasteiger partial charge on any atom is -0.504 e. The quantitative estimate of drug-likeness (QED) is 0.571. The number of rotatable bonds is 2. The largest absolute Gasteiger partial charge is 0.504 e. The molecule has 0 amide bonds. The van der Waals surface area contributed by atoms with E-state index in [4.69, 9.17) is 18.6 Å². The number of para-hydroxylation sites is 1. The molecule has 1 N–H and O–H groups in total. The molecule has 0 saturated carbocycles. The summed E-state index contributed by atoms with van der Waals surface area (Å²) >= 11 is 0. The van der Waals surface area contributed by atoms with E-state index in [0.717, 1.165) is 5.56 Å². The third kappa shape index (κ3) is 1.91. The van der Waals surface area contributed by atoms with E-state index in [1.807, 2.05) is 6.92 Å². The lowest BCUT2D eigenvalue weighted by Crippen LogP contribution is -2.30. The molecule has 0 bridgehead atoms. The number of hydrogen-bond acceptors (Lipinski definition) is 6. The number of hydrogen-bond donors (Lipinski definition) is 1. The minimum absolute atomic E-state index is 0.0685. The number of benzene rings is 2. The van der Waals surface area contributed by atoms with E-state index in [1.54, 1.807) is 18.2 Å². The highest BCUT2D eigenvalue weighted by molar-refractivity contribution is 5.97. The zero-order valence-corrected chi connectivity index (χ0v) is 13.8. The predicted molar refractivity (Wildman–Crippen MR) is 90.7 cm³/mol. The molecule has 5 rings (SSSR count). The second kappa shape index (κ2) is 4.67. The van der Waals surface area contributed by atoms with Gasteiger partial charge in [0.2, 0.25) is 5.43 Å². The molecule has 0 spiro atoms. The molecule has 3 aromatic rings. The zero-order valence-electron chi connectivity index (χ0n) is 13.8. The van der Waals surface area contributed by atoms with E-state index >= 15 is 0 Å². The molecular weight excluding hydrogens is 324 g/mol. The fourth-order valence-electron chi connectivity index (χ4n) is 3.51. The number of epoxide rings is 1. The van der Waals surface area contributed by atoms with E-state index in [0.29, 0.717) is 40.9 Å². The number of fused-ring (bicyclic) bond motifs is 4. The molecule has 0 radical (unpaired) electrons. The average molecular weight is 340 g/mol. The first-order chi connectivity index (χ1) is 12.0. The Kier molecular flexibility index (Phi) is 2.73. The smallest absolute Gasteiger partial charge is 0.204 e. The third-order valence-electron chi connectivity index (χ3n) is 5.14. The Morgan fingerprint density at radius 2 is 2.12 bits per heavy atom. The van der Waals surface area contributed by atoms with Gasteiger partial charge < -0.3 is 23.7 Å². The topological polar surface area (TPSA) is 81.4 Å². The van der Waals surface area contributed by atoms with Gasteiger partial charge in [-0.1, -0.05) is 6.07 Å². The fraction of sp³-hybridized carbons (Fsp3) is 0.316. The van der Waals surface area contributed by atoms with Crippen LogP contribution in [0, 0.1) is 0 Å². The molecule has 6 nitrogen and oxygen atoms in total. The van der Waals surface area contributed by atoms with E-state index < -0.39 is 0 Å². The van der Waals surface area contributed by atoms with Gasteiger partial charge in [-0.2, -0.15) is 0 Å². The number of aromatic hydroxyl groups is 1. The highest BCUT2D eigenvalue weighted by atomic mass is 16.6. The normalized spacial score (nSPS) is 24.3. The van der Waals surface area contributed by atoms with Gasteiger partial charge in [0.15, 0.2) is 11.3 Å². The van der Waals surface area contributed by atoms with Crippen molar-refractivity contribution in [2.75, 3.05) is 13.7 Å². The van der Waals surface area contributed by atoms with Crippen LogP contribution in [-0.4, -0.2) is 30.5 Å². The molecular formula is C19H16O6. The van der Waals surface area contributed by atoms with E-state index in [9.17, 15) is 9.90 Å². The molecule has 2 atom stereocenters. The average Bonchev–Trinajstić information content (AvgIpc) is 3.20. The van der Waals surface area contributed by atoms with Gasteiger partial charge >= 0.3 is 0 Å². The monoisotopic (exact) mass is 340 g/mol. The lowest BCUT2D eigenvalue weighted by Gasteiger charge is -2.14. The Balaban J connectivity index is 1.86. The summed E-state index contributed by atoms with van der Waals surface area (Å²) in [5, 5.41) is 10.8. The molecule has 1 saturated heterocycles. The molecule has 128 valence electrons. The highest BCUT2D eigenvalue weighted by Gasteiger charge is 2.51. The van der Waals surface area contributed by atoms with Crippen molar-refractivity contribution in [1.29, 1.82) is 0 Å². The molecule has 0 aliphatic carbocycles. The van der Waals surface area contributed by atoms with Crippen molar-refractivity contribution in [2.24, 2.45) is 0 Å². The molecule has 2 aliphatic rings. The van der Waals surface area contributed by atoms with Gasteiger partial charge in [-0.3, -0.25) is 4.79 Å². The van der Waals surface area contributed by atoms with Gasteiger partial charge in [0.1, 0.15) is 34.2 Å². The second-order valence-electron chi connectivity index (χ2n) is 6.76. The molecule has 3 heterocycles. The van der Waals surface area contributed by atoms with Crippen LogP contribution >= 0.6 is 0 Å². The second-order valence-corrected chi connectivity index (χ2v) is 6.76. The summed E-state index contributed by atoms with van der Waals surface area (Å²) in [4.78, 5) is 13.0.